The van der Waals surface area contributed by atoms with E-state index >= 15 is 0 Å². The minimum atomic E-state index is -0.000443. The maximum Gasteiger partial charge on any atom is 0.238 e. The highest BCUT2D eigenvalue weighted by Crippen LogP contribution is 2.11. The number of benzene rings is 1. The van der Waals surface area contributed by atoms with Crippen LogP contribution in [0.25, 0.3) is 0 Å². The van der Waals surface area contributed by atoms with Gasteiger partial charge in [-0.15, -0.1) is 0 Å². The van der Waals surface area contributed by atoms with Crippen LogP contribution in [0.3, 0.4) is 0 Å². The lowest BCUT2D eigenvalue weighted by atomic mass is 10.3. The highest BCUT2D eigenvalue weighted by Gasteiger charge is 2.13. The number of carbonyl (C=O) groups is 1. The number of nitrogens with one attached hydrogen (secondary N) is 1. The molecule has 0 aliphatic carbocycles. The Morgan fingerprint density at radius 3 is 2.85 bits per heavy atom. The smallest absolute Gasteiger partial charge is 0.238 e. The summed E-state index contributed by atoms with van der Waals surface area (Å²) in [5, 5.41) is 2.87. The van der Waals surface area contributed by atoms with Crippen molar-refractivity contribution in [2.75, 3.05) is 50.8 Å². The molecule has 1 saturated heterocycles. The summed E-state index contributed by atoms with van der Waals surface area (Å²) in [5.41, 5.74) is 7.10. The molecule has 0 bridgehead atoms. The summed E-state index contributed by atoms with van der Waals surface area (Å²) < 4.78 is 0. The minimum Gasteiger partial charge on any atom is -0.399 e. The zero-order valence-electron chi connectivity index (χ0n) is 12.1. The maximum atomic E-state index is 11.9. The predicted molar refractivity (Wildman–Crippen MR) is 82.7 cm³/mol. The van der Waals surface area contributed by atoms with Gasteiger partial charge < -0.3 is 16.0 Å². The topological polar surface area (TPSA) is 61.6 Å². The standard InChI is InChI=1S/C15H24N4O/c1-18(9-10-19-7-2-3-8-19)12-15(20)17-14-6-4-5-13(16)11-14/h4-6,11H,2-3,7-10,12,16H2,1H3,(H,17,20). The Hall–Kier alpha value is -1.59. The number of anilines is 2. The second-order valence-electron chi connectivity index (χ2n) is 5.46. The van der Waals surface area contributed by atoms with E-state index in [0.717, 1.165) is 18.8 Å². The number of nitrogen functional groups attached to an aromatic ring is 1. The van der Waals surface area contributed by atoms with Crippen molar-refractivity contribution in [2.24, 2.45) is 0 Å². The Balaban J connectivity index is 1.70. The maximum absolute atomic E-state index is 11.9. The van der Waals surface area contributed by atoms with Crippen LogP contribution in [0.1, 0.15) is 12.8 Å². The Labute approximate surface area is 120 Å². The molecule has 1 aromatic rings. The SMILES string of the molecule is CN(CCN1CCCC1)CC(=O)Nc1cccc(N)c1. The Morgan fingerprint density at radius 1 is 1.40 bits per heavy atom. The number of likely N-dealkylation sites (N-methyl/N-ethyl adjacent to an activating group) is 1. The number of nitrogens with zero attached hydrogens (tertiary/aromatic N) is 2. The third-order valence-electron chi connectivity index (χ3n) is 3.58. The van der Waals surface area contributed by atoms with Crippen LogP contribution in [-0.2, 0) is 4.79 Å². The number of carbonyl (C=O) groups excluding carboxylic acids is 1. The van der Waals surface area contributed by atoms with Crippen molar-refractivity contribution in [1.82, 2.24) is 9.80 Å². The van der Waals surface area contributed by atoms with E-state index in [1.165, 1.54) is 25.9 Å². The first-order chi connectivity index (χ1) is 9.63. The fraction of sp³-hybridized carbons (Fsp3) is 0.533. The molecule has 0 spiro atoms. The van der Waals surface area contributed by atoms with Crippen LogP contribution in [0, 0.1) is 0 Å². The third kappa shape index (κ3) is 4.83. The van der Waals surface area contributed by atoms with Crippen LogP contribution in [0.2, 0.25) is 0 Å². The molecule has 1 aromatic carbocycles. The minimum absolute atomic E-state index is 0.000443. The molecule has 3 N–H and O–H groups in total. The lowest BCUT2D eigenvalue weighted by molar-refractivity contribution is -0.117. The molecule has 0 aromatic heterocycles. The Kier molecular flexibility index (Phi) is 5.38. The van der Waals surface area contributed by atoms with Gasteiger partial charge in [-0.05, 0) is 51.2 Å². The Morgan fingerprint density at radius 2 is 2.15 bits per heavy atom. The predicted octanol–water partition coefficient (Wildman–Crippen LogP) is 1.23. The number of nitrogens with two attached hydrogens (primary N) is 1. The van der Waals surface area contributed by atoms with E-state index in [1.807, 2.05) is 19.2 Å². The first-order valence-electron chi connectivity index (χ1n) is 7.20. The van der Waals surface area contributed by atoms with Crippen molar-refractivity contribution < 1.29 is 4.79 Å². The van der Waals surface area contributed by atoms with E-state index < -0.39 is 0 Å². The first-order valence-corrected chi connectivity index (χ1v) is 7.20. The molecule has 0 radical (unpaired) electrons. The summed E-state index contributed by atoms with van der Waals surface area (Å²) in [6, 6.07) is 7.25. The molecule has 0 saturated carbocycles. The molecule has 0 unspecified atom stereocenters. The van der Waals surface area contributed by atoms with Gasteiger partial charge in [-0.25, -0.2) is 0 Å². The molecule has 1 aliphatic heterocycles. The highest BCUT2D eigenvalue weighted by molar-refractivity contribution is 5.92. The number of amides is 1. The van der Waals surface area contributed by atoms with Crippen LogP contribution in [0.5, 0.6) is 0 Å². The highest BCUT2D eigenvalue weighted by atomic mass is 16.2. The third-order valence-corrected chi connectivity index (χ3v) is 3.58. The zero-order chi connectivity index (χ0) is 14.4. The van der Waals surface area contributed by atoms with Crippen LogP contribution in [0.4, 0.5) is 11.4 Å². The summed E-state index contributed by atoms with van der Waals surface area (Å²) in [6.07, 6.45) is 2.61. The van der Waals surface area contributed by atoms with Crippen LogP contribution in [0.15, 0.2) is 24.3 Å². The van der Waals surface area contributed by atoms with Gasteiger partial charge in [0.15, 0.2) is 0 Å². The molecule has 1 amide bonds. The molecule has 5 heteroatoms. The molecule has 5 nitrogen and oxygen atoms in total. The van der Waals surface area contributed by atoms with Crippen molar-refractivity contribution in [2.45, 2.75) is 12.8 Å². The number of hydrogen-bond acceptors (Lipinski definition) is 4. The van der Waals surface area contributed by atoms with Crippen LogP contribution >= 0.6 is 0 Å². The average molecular weight is 276 g/mol. The molecular weight excluding hydrogens is 252 g/mol. The Bertz CT molecular complexity index is 443. The van der Waals surface area contributed by atoms with Crippen molar-refractivity contribution in [3.8, 4) is 0 Å². The van der Waals surface area contributed by atoms with E-state index in [-0.39, 0.29) is 5.91 Å². The van der Waals surface area contributed by atoms with Gasteiger partial charge in [0.25, 0.3) is 0 Å². The number of likely N-dealkylation sites (tertiary alicyclic amines) is 1. The van der Waals surface area contributed by atoms with Gasteiger partial charge >= 0.3 is 0 Å². The summed E-state index contributed by atoms with van der Waals surface area (Å²) >= 11 is 0. The van der Waals surface area contributed by atoms with Crippen molar-refractivity contribution in [3.05, 3.63) is 24.3 Å². The van der Waals surface area contributed by atoms with Crippen molar-refractivity contribution in [1.29, 1.82) is 0 Å². The summed E-state index contributed by atoms with van der Waals surface area (Å²) in [5.74, 6) is -0.000443. The van der Waals surface area contributed by atoms with E-state index in [2.05, 4.69) is 15.1 Å². The molecular formula is C15H24N4O. The second-order valence-corrected chi connectivity index (χ2v) is 5.46. The van der Waals surface area contributed by atoms with E-state index in [9.17, 15) is 4.79 Å². The number of hydrogen-bond donors (Lipinski definition) is 2. The number of rotatable bonds is 6. The normalized spacial score (nSPS) is 15.7. The van der Waals surface area contributed by atoms with Gasteiger partial charge in [0.2, 0.25) is 5.91 Å². The van der Waals surface area contributed by atoms with Crippen molar-refractivity contribution in [3.63, 3.8) is 0 Å². The van der Waals surface area contributed by atoms with Gasteiger partial charge in [-0.1, -0.05) is 6.07 Å². The van der Waals surface area contributed by atoms with Crippen LogP contribution in [-0.4, -0.2) is 55.5 Å². The summed E-state index contributed by atoms with van der Waals surface area (Å²) in [6.45, 7) is 4.77. The summed E-state index contributed by atoms with van der Waals surface area (Å²) in [7, 11) is 1.98. The second kappa shape index (κ2) is 7.26. The van der Waals surface area contributed by atoms with Gasteiger partial charge in [-0.3, -0.25) is 9.69 Å². The summed E-state index contributed by atoms with van der Waals surface area (Å²) in [4.78, 5) is 16.4. The lowest BCUT2D eigenvalue weighted by Crippen LogP contribution is -2.36. The van der Waals surface area contributed by atoms with Gasteiger partial charge in [-0.2, -0.15) is 0 Å². The van der Waals surface area contributed by atoms with Crippen molar-refractivity contribution >= 4 is 17.3 Å². The van der Waals surface area contributed by atoms with E-state index in [1.54, 1.807) is 12.1 Å². The lowest BCUT2D eigenvalue weighted by Gasteiger charge is -2.20. The molecule has 1 aliphatic rings. The first kappa shape index (κ1) is 14.8. The van der Waals surface area contributed by atoms with Gasteiger partial charge in [0.1, 0.15) is 0 Å². The molecule has 0 atom stereocenters. The monoisotopic (exact) mass is 276 g/mol. The van der Waals surface area contributed by atoms with E-state index in [0.29, 0.717) is 12.2 Å². The molecule has 2 rings (SSSR count). The van der Waals surface area contributed by atoms with E-state index in [4.69, 9.17) is 5.73 Å². The molecule has 1 heterocycles. The zero-order valence-corrected chi connectivity index (χ0v) is 12.1. The van der Waals surface area contributed by atoms with Crippen LogP contribution < -0.4 is 11.1 Å². The quantitative estimate of drug-likeness (QED) is 0.767. The molecule has 20 heavy (non-hydrogen) atoms. The fourth-order valence-corrected chi connectivity index (χ4v) is 2.46. The average Bonchev–Trinajstić information content (AvgIpc) is 2.89. The molecule has 110 valence electrons. The largest absolute Gasteiger partial charge is 0.399 e. The fourth-order valence-electron chi connectivity index (χ4n) is 2.46. The van der Waals surface area contributed by atoms with Gasteiger partial charge in [0, 0.05) is 24.5 Å². The molecule has 1 fully saturated rings. The van der Waals surface area contributed by atoms with Gasteiger partial charge in [0.05, 0.1) is 6.54 Å².